The molecule has 2 aromatic carbocycles. The Morgan fingerprint density at radius 2 is 1.80 bits per heavy atom. The third-order valence-electron chi connectivity index (χ3n) is 3.06. The van der Waals surface area contributed by atoms with Crippen molar-refractivity contribution in [1.82, 2.24) is 0 Å². The number of phenolic OH excluding ortho intramolecular Hbond substituents is 2. The molecular formula is C16H17NO3. The van der Waals surface area contributed by atoms with E-state index >= 15 is 0 Å². The molecule has 2 aromatic rings. The van der Waals surface area contributed by atoms with Crippen LogP contribution in [0.5, 0.6) is 11.5 Å². The Bertz CT molecular complexity index is 596. The van der Waals surface area contributed by atoms with E-state index in [1.165, 1.54) is 18.2 Å². The Morgan fingerprint density at radius 3 is 2.50 bits per heavy atom. The average Bonchev–Trinajstić information content (AvgIpc) is 2.43. The minimum atomic E-state index is -0.0303. The van der Waals surface area contributed by atoms with Crippen molar-refractivity contribution < 1.29 is 15.0 Å². The Morgan fingerprint density at radius 1 is 1.10 bits per heavy atom. The molecule has 4 heteroatoms. The lowest BCUT2D eigenvalue weighted by atomic mass is 10.1. The van der Waals surface area contributed by atoms with Crippen LogP contribution in [0.2, 0.25) is 0 Å². The maximum absolute atomic E-state index is 12.0. The monoisotopic (exact) mass is 271 g/mol. The highest BCUT2D eigenvalue weighted by atomic mass is 16.3. The Balaban J connectivity index is 2.01. The smallest absolute Gasteiger partial charge is 0.156 e. The van der Waals surface area contributed by atoms with Crippen LogP contribution in [-0.4, -0.2) is 29.6 Å². The van der Waals surface area contributed by atoms with Crippen LogP contribution in [0.25, 0.3) is 0 Å². The highest BCUT2D eigenvalue weighted by molar-refractivity contribution is 5.86. The number of nitrogens with zero attached hydrogens (tertiary/aromatic N) is 1. The molecule has 2 rings (SSSR count). The van der Waals surface area contributed by atoms with Crippen molar-refractivity contribution in [2.45, 2.75) is 6.42 Å². The first-order chi connectivity index (χ1) is 9.56. The highest BCUT2D eigenvalue weighted by Crippen LogP contribution is 2.22. The number of carbonyl (C=O) groups excluding carboxylic acids is 1. The van der Waals surface area contributed by atoms with Crippen LogP contribution in [0.4, 0.5) is 5.69 Å². The summed E-state index contributed by atoms with van der Waals surface area (Å²) in [4.78, 5) is 13.9. The highest BCUT2D eigenvalue weighted by Gasteiger charge is 2.11. The molecule has 20 heavy (non-hydrogen) atoms. The van der Waals surface area contributed by atoms with Gasteiger partial charge in [-0.3, -0.25) is 4.79 Å². The van der Waals surface area contributed by atoms with Gasteiger partial charge in [-0.05, 0) is 30.3 Å². The van der Waals surface area contributed by atoms with E-state index in [9.17, 15) is 15.0 Å². The number of ketones is 1. The van der Waals surface area contributed by atoms with Gasteiger partial charge < -0.3 is 15.1 Å². The van der Waals surface area contributed by atoms with Gasteiger partial charge in [0.05, 0.1) is 6.54 Å². The number of Topliss-reactive ketones (excluding diaryl/α,β-unsaturated/α-hetero) is 1. The third-order valence-corrected chi connectivity index (χ3v) is 3.06. The molecule has 0 fully saturated rings. The van der Waals surface area contributed by atoms with Gasteiger partial charge in [-0.2, -0.15) is 0 Å². The van der Waals surface area contributed by atoms with Crippen LogP contribution in [-0.2, 0) is 11.2 Å². The average molecular weight is 271 g/mol. The van der Waals surface area contributed by atoms with Crippen LogP contribution < -0.4 is 4.90 Å². The number of carbonyl (C=O) groups is 1. The van der Waals surface area contributed by atoms with Gasteiger partial charge in [0.2, 0.25) is 0 Å². The molecule has 0 spiro atoms. The van der Waals surface area contributed by atoms with Crippen LogP contribution in [0, 0.1) is 0 Å². The lowest BCUT2D eigenvalue weighted by Gasteiger charge is -2.18. The summed E-state index contributed by atoms with van der Waals surface area (Å²) in [6, 6.07) is 13.8. The Labute approximate surface area is 117 Å². The quantitative estimate of drug-likeness (QED) is 0.819. The van der Waals surface area contributed by atoms with Crippen molar-refractivity contribution in [3.63, 3.8) is 0 Å². The zero-order valence-electron chi connectivity index (χ0n) is 11.3. The van der Waals surface area contributed by atoms with Gasteiger partial charge in [0.25, 0.3) is 0 Å². The second-order valence-electron chi connectivity index (χ2n) is 4.72. The van der Waals surface area contributed by atoms with E-state index in [1.807, 2.05) is 42.3 Å². The maximum atomic E-state index is 12.0. The number of aromatic hydroxyl groups is 2. The SMILES string of the molecule is CN(CC(=O)Cc1cc(O)ccc1O)c1ccccc1. The van der Waals surface area contributed by atoms with E-state index in [1.54, 1.807) is 0 Å². The minimum Gasteiger partial charge on any atom is -0.508 e. The van der Waals surface area contributed by atoms with Crippen LogP contribution in [0.15, 0.2) is 48.5 Å². The molecule has 0 aliphatic carbocycles. The molecule has 0 atom stereocenters. The van der Waals surface area contributed by atoms with E-state index in [0.29, 0.717) is 5.56 Å². The minimum absolute atomic E-state index is 0.0264. The molecule has 2 N–H and O–H groups in total. The lowest BCUT2D eigenvalue weighted by molar-refractivity contribution is -0.117. The fourth-order valence-electron chi connectivity index (χ4n) is 2.02. The molecule has 0 amide bonds. The molecule has 4 nitrogen and oxygen atoms in total. The van der Waals surface area contributed by atoms with Gasteiger partial charge in [-0.25, -0.2) is 0 Å². The summed E-state index contributed by atoms with van der Waals surface area (Å²) in [6.45, 7) is 0.249. The molecule has 0 saturated heterocycles. The molecular weight excluding hydrogens is 254 g/mol. The van der Waals surface area contributed by atoms with E-state index in [4.69, 9.17) is 0 Å². The molecule has 0 radical (unpaired) electrons. The number of rotatable bonds is 5. The zero-order chi connectivity index (χ0) is 14.5. The van der Waals surface area contributed by atoms with E-state index in [-0.39, 0.29) is 30.2 Å². The predicted octanol–water partition coefficient (Wildman–Crippen LogP) is 2.35. The third kappa shape index (κ3) is 3.51. The van der Waals surface area contributed by atoms with Crippen molar-refractivity contribution in [3.8, 4) is 11.5 Å². The number of para-hydroxylation sites is 1. The largest absolute Gasteiger partial charge is 0.508 e. The van der Waals surface area contributed by atoms with Crippen molar-refractivity contribution >= 4 is 11.5 Å². The summed E-state index contributed by atoms with van der Waals surface area (Å²) < 4.78 is 0. The molecule has 104 valence electrons. The van der Waals surface area contributed by atoms with E-state index in [2.05, 4.69) is 0 Å². The van der Waals surface area contributed by atoms with Gasteiger partial charge in [0.1, 0.15) is 11.5 Å². The summed E-state index contributed by atoms with van der Waals surface area (Å²) in [5.74, 6) is 0.0396. The summed E-state index contributed by atoms with van der Waals surface area (Å²) >= 11 is 0. The first-order valence-electron chi connectivity index (χ1n) is 6.35. The zero-order valence-corrected chi connectivity index (χ0v) is 11.3. The number of anilines is 1. The molecule has 0 unspecified atom stereocenters. The van der Waals surface area contributed by atoms with Crippen molar-refractivity contribution in [2.24, 2.45) is 0 Å². The number of phenols is 2. The molecule has 0 aliphatic heterocycles. The molecule has 0 saturated carbocycles. The summed E-state index contributed by atoms with van der Waals surface area (Å²) in [5, 5.41) is 19.0. The number of hydrogen-bond donors (Lipinski definition) is 2. The van der Waals surface area contributed by atoms with Crippen LogP contribution >= 0.6 is 0 Å². The second-order valence-corrected chi connectivity index (χ2v) is 4.72. The van der Waals surface area contributed by atoms with Crippen molar-refractivity contribution in [3.05, 3.63) is 54.1 Å². The van der Waals surface area contributed by atoms with Gasteiger partial charge >= 0.3 is 0 Å². The predicted molar refractivity (Wildman–Crippen MR) is 78.2 cm³/mol. The number of hydrogen-bond acceptors (Lipinski definition) is 4. The van der Waals surface area contributed by atoms with Gasteiger partial charge in [0, 0.05) is 24.7 Å². The van der Waals surface area contributed by atoms with Crippen LogP contribution in [0.3, 0.4) is 0 Å². The first kappa shape index (κ1) is 13.9. The number of benzene rings is 2. The van der Waals surface area contributed by atoms with E-state index < -0.39 is 0 Å². The topological polar surface area (TPSA) is 60.8 Å². The standard InChI is InChI=1S/C16H17NO3/c1-17(13-5-3-2-4-6-13)11-15(19)10-12-9-14(18)7-8-16(12)20/h2-9,18,20H,10-11H2,1H3. The molecule has 0 heterocycles. The number of likely N-dealkylation sites (N-methyl/N-ethyl adjacent to an activating group) is 1. The Kier molecular flexibility index (Phi) is 4.25. The van der Waals surface area contributed by atoms with Gasteiger partial charge in [0.15, 0.2) is 5.78 Å². The van der Waals surface area contributed by atoms with Crippen molar-refractivity contribution in [1.29, 1.82) is 0 Å². The van der Waals surface area contributed by atoms with E-state index in [0.717, 1.165) is 5.69 Å². The maximum Gasteiger partial charge on any atom is 0.156 e. The van der Waals surface area contributed by atoms with Crippen molar-refractivity contribution in [2.75, 3.05) is 18.5 Å². The van der Waals surface area contributed by atoms with Gasteiger partial charge in [-0.1, -0.05) is 18.2 Å². The fraction of sp³-hybridized carbons (Fsp3) is 0.188. The molecule has 0 aliphatic rings. The summed E-state index contributed by atoms with van der Waals surface area (Å²) in [7, 11) is 1.84. The van der Waals surface area contributed by atoms with Crippen LogP contribution in [0.1, 0.15) is 5.56 Å². The first-order valence-corrected chi connectivity index (χ1v) is 6.35. The fourth-order valence-corrected chi connectivity index (χ4v) is 2.02. The summed E-state index contributed by atoms with van der Waals surface area (Å²) in [5.41, 5.74) is 1.40. The molecule has 0 bridgehead atoms. The lowest BCUT2D eigenvalue weighted by Crippen LogP contribution is -2.26. The van der Waals surface area contributed by atoms with Gasteiger partial charge in [-0.15, -0.1) is 0 Å². The second kappa shape index (κ2) is 6.10. The molecule has 0 aromatic heterocycles. The Hall–Kier alpha value is -2.49. The summed E-state index contributed by atoms with van der Waals surface area (Å²) in [6.07, 6.45) is 0.0946. The normalized spacial score (nSPS) is 10.2.